The van der Waals surface area contributed by atoms with E-state index < -0.39 is 17.6 Å². The molecule has 3 aromatic rings. The van der Waals surface area contributed by atoms with Crippen molar-refractivity contribution in [3.05, 3.63) is 65.5 Å². The fourth-order valence-corrected chi connectivity index (χ4v) is 3.15. The van der Waals surface area contributed by atoms with Gasteiger partial charge in [0.25, 0.3) is 5.91 Å². The predicted molar refractivity (Wildman–Crippen MR) is 96.4 cm³/mol. The van der Waals surface area contributed by atoms with Crippen molar-refractivity contribution < 1.29 is 27.2 Å². The average molecular weight is 403 g/mol. The third kappa shape index (κ3) is 3.67. The van der Waals surface area contributed by atoms with Gasteiger partial charge in [-0.25, -0.2) is 0 Å². The van der Waals surface area contributed by atoms with E-state index in [1.165, 1.54) is 17.0 Å². The summed E-state index contributed by atoms with van der Waals surface area (Å²) in [6.07, 6.45) is -4.49. The molecule has 0 saturated carbocycles. The molecule has 4 rings (SSSR count). The highest BCUT2D eigenvalue weighted by Gasteiger charge is 2.37. The maximum atomic E-state index is 12.8. The van der Waals surface area contributed by atoms with E-state index in [1.807, 2.05) is 12.1 Å². The largest absolute Gasteiger partial charge is 0.496 e. The molecule has 150 valence electrons. The van der Waals surface area contributed by atoms with Crippen LogP contribution in [0.3, 0.4) is 0 Å². The van der Waals surface area contributed by atoms with Crippen molar-refractivity contribution in [3.63, 3.8) is 0 Å². The minimum absolute atomic E-state index is 0.00137. The number of benzene rings is 2. The smallest absolute Gasteiger partial charge is 0.416 e. The summed E-state index contributed by atoms with van der Waals surface area (Å²) >= 11 is 0. The van der Waals surface area contributed by atoms with Gasteiger partial charge in [-0.1, -0.05) is 23.4 Å². The molecule has 1 amide bonds. The molecular formula is C20H16F3N3O3. The second-order valence-corrected chi connectivity index (χ2v) is 6.64. The molecule has 9 heteroatoms. The SMILES string of the molecule is COc1ccccc1-c1noc(C2CN(C(=O)c3cccc(C(F)(F)F)c3)C2)n1. The Bertz CT molecular complexity index is 1040. The van der Waals surface area contributed by atoms with Crippen molar-refractivity contribution in [2.75, 3.05) is 20.2 Å². The minimum Gasteiger partial charge on any atom is -0.496 e. The Kier molecular flexibility index (Phi) is 4.73. The number of rotatable bonds is 4. The number of halogens is 3. The van der Waals surface area contributed by atoms with E-state index >= 15 is 0 Å². The zero-order chi connectivity index (χ0) is 20.6. The maximum absolute atomic E-state index is 12.8. The average Bonchev–Trinajstić information content (AvgIpc) is 3.15. The fourth-order valence-electron chi connectivity index (χ4n) is 3.15. The third-order valence-corrected chi connectivity index (χ3v) is 4.74. The van der Waals surface area contributed by atoms with Crippen molar-refractivity contribution in [1.82, 2.24) is 15.0 Å². The molecule has 0 bridgehead atoms. The van der Waals surface area contributed by atoms with E-state index in [4.69, 9.17) is 9.26 Å². The van der Waals surface area contributed by atoms with Crippen LogP contribution in [0, 0.1) is 0 Å². The number of carbonyl (C=O) groups is 1. The van der Waals surface area contributed by atoms with Crippen LogP contribution < -0.4 is 4.74 Å². The van der Waals surface area contributed by atoms with Crippen LogP contribution >= 0.6 is 0 Å². The molecule has 2 heterocycles. The molecule has 0 aliphatic carbocycles. The van der Waals surface area contributed by atoms with Gasteiger partial charge >= 0.3 is 6.18 Å². The molecule has 1 fully saturated rings. The zero-order valence-electron chi connectivity index (χ0n) is 15.3. The number of likely N-dealkylation sites (tertiary alicyclic amines) is 1. The molecule has 0 radical (unpaired) electrons. The predicted octanol–water partition coefficient (Wildman–Crippen LogP) is 4.00. The topological polar surface area (TPSA) is 68.5 Å². The Morgan fingerprint density at radius 2 is 1.93 bits per heavy atom. The first-order valence-corrected chi connectivity index (χ1v) is 8.80. The summed E-state index contributed by atoms with van der Waals surface area (Å²) in [7, 11) is 1.54. The highest BCUT2D eigenvalue weighted by molar-refractivity contribution is 5.95. The van der Waals surface area contributed by atoms with Gasteiger partial charge in [0, 0.05) is 18.7 Å². The molecule has 0 N–H and O–H groups in total. The van der Waals surface area contributed by atoms with Gasteiger partial charge < -0.3 is 14.2 Å². The lowest BCUT2D eigenvalue weighted by atomic mass is 9.98. The lowest BCUT2D eigenvalue weighted by Gasteiger charge is -2.37. The molecule has 6 nitrogen and oxygen atoms in total. The number of methoxy groups -OCH3 is 1. The molecule has 1 aliphatic heterocycles. The summed E-state index contributed by atoms with van der Waals surface area (Å²) in [5.41, 5.74) is -0.168. The monoisotopic (exact) mass is 403 g/mol. The van der Waals surface area contributed by atoms with Crippen molar-refractivity contribution in [1.29, 1.82) is 0 Å². The first kappa shape index (κ1) is 19.0. The van der Waals surface area contributed by atoms with Crippen LogP contribution in [0.1, 0.15) is 27.7 Å². The van der Waals surface area contributed by atoms with Crippen LogP contribution in [0.15, 0.2) is 53.1 Å². The van der Waals surface area contributed by atoms with E-state index in [0.29, 0.717) is 36.1 Å². The Labute approximate surface area is 163 Å². The molecule has 0 unspecified atom stereocenters. The molecule has 2 aromatic carbocycles. The van der Waals surface area contributed by atoms with Crippen LogP contribution in [-0.4, -0.2) is 41.1 Å². The van der Waals surface area contributed by atoms with Crippen molar-refractivity contribution >= 4 is 5.91 Å². The van der Waals surface area contributed by atoms with Gasteiger partial charge in [-0.05, 0) is 30.3 Å². The number of carbonyl (C=O) groups excluding carboxylic acids is 1. The Hall–Kier alpha value is -3.36. The van der Waals surface area contributed by atoms with Crippen LogP contribution in [0.5, 0.6) is 5.75 Å². The number of hydrogen-bond donors (Lipinski definition) is 0. The molecule has 29 heavy (non-hydrogen) atoms. The molecule has 0 spiro atoms. The molecule has 1 aliphatic rings. The van der Waals surface area contributed by atoms with Crippen molar-refractivity contribution in [3.8, 4) is 17.1 Å². The minimum atomic E-state index is -4.49. The molecule has 0 atom stereocenters. The number of alkyl halides is 3. The summed E-state index contributed by atoms with van der Waals surface area (Å²) in [6.45, 7) is 0.589. The van der Waals surface area contributed by atoms with Gasteiger partial charge in [0.05, 0.1) is 24.2 Å². The Morgan fingerprint density at radius 1 is 1.17 bits per heavy atom. The van der Waals surface area contributed by atoms with E-state index in [1.54, 1.807) is 19.2 Å². The van der Waals surface area contributed by atoms with Crippen molar-refractivity contribution in [2.24, 2.45) is 0 Å². The number of para-hydroxylation sites is 1. The van der Waals surface area contributed by atoms with Crippen LogP contribution in [-0.2, 0) is 6.18 Å². The summed E-state index contributed by atoms with van der Waals surface area (Å²) in [4.78, 5) is 18.3. The maximum Gasteiger partial charge on any atom is 0.416 e. The third-order valence-electron chi connectivity index (χ3n) is 4.74. The van der Waals surface area contributed by atoms with E-state index in [2.05, 4.69) is 10.1 Å². The number of hydrogen-bond acceptors (Lipinski definition) is 5. The second-order valence-electron chi connectivity index (χ2n) is 6.64. The van der Waals surface area contributed by atoms with Crippen LogP contribution in [0.4, 0.5) is 13.2 Å². The van der Waals surface area contributed by atoms with Crippen molar-refractivity contribution in [2.45, 2.75) is 12.1 Å². The lowest BCUT2D eigenvalue weighted by molar-refractivity contribution is -0.137. The number of amides is 1. The summed E-state index contributed by atoms with van der Waals surface area (Å²) < 4.78 is 49.1. The number of ether oxygens (including phenoxy) is 1. The lowest BCUT2D eigenvalue weighted by Crippen LogP contribution is -2.48. The highest BCUT2D eigenvalue weighted by atomic mass is 19.4. The van der Waals surface area contributed by atoms with E-state index in [9.17, 15) is 18.0 Å². The highest BCUT2D eigenvalue weighted by Crippen LogP contribution is 2.33. The molecule has 1 aromatic heterocycles. The number of aromatic nitrogens is 2. The van der Waals surface area contributed by atoms with Gasteiger partial charge in [0.2, 0.25) is 11.7 Å². The molecule has 1 saturated heterocycles. The molecular weight excluding hydrogens is 387 g/mol. The quantitative estimate of drug-likeness (QED) is 0.659. The van der Waals surface area contributed by atoms with Gasteiger partial charge in [0.15, 0.2) is 0 Å². The second kappa shape index (κ2) is 7.23. The first-order valence-electron chi connectivity index (χ1n) is 8.80. The first-order chi connectivity index (χ1) is 13.9. The Balaban J connectivity index is 1.44. The van der Waals surface area contributed by atoms with Crippen LogP contribution in [0.25, 0.3) is 11.4 Å². The fraction of sp³-hybridized carbons (Fsp3) is 0.250. The number of nitrogens with zero attached hydrogens (tertiary/aromatic N) is 3. The van der Waals surface area contributed by atoms with E-state index in [0.717, 1.165) is 12.1 Å². The standard InChI is InChI=1S/C20H16F3N3O3/c1-28-16-8-3-2-7-15(16)17-24-18(29-25-17)13-10-26(11-13)19(27)12-5-4-6-14(9-12)20(21,22)23/h2-9,13H,10-11H2,1H3. The normalized spacial score (nSPS) is 14.6. The van der Waals surface area contributed by atoms with Gasteiger partial charge in [0.1, 0.15) is 5.75 Å². The van der Waals surface area contributed by atoms with Gasteiger partial charge in [-0.3, -0.25) is 4.79 Å². The summed E-state index contributed by atoms with van der Waals surface area (Å²) in [5, 5.41) is 3.97. The van der Waals surface area contributed by atoms with Crippen LogP contribution in [0.2, 0.25) is 0 Å². The summed E-state index contributed by atoms with van der Waals surface area (Å²) in [5.74, 6) is 0.728. The Morgan fingerprint density at radius 3 is 2.66 bits per heavy atom. The zero-order valence-corrected chi connectivity index (χ0v) is 15.3. The van der Waals surface area contributed by atoms with Gasteiger partial charge in [-0.2, -0.15) is 18.2 Å². The van der Waals surface area contributed by atoms with E-state index in [-0.39, 0.29) is 11.5 Å². The van der Waals surface area contributed by atoms with Gasteiger partial charge in [-0.15, -0.1) is 0 Å². The summed E-state index contributed by atoms with van der Waals surface area (Å²) in [6, 6.07) is 11.6.